The third-order valence-electron chi connectivity index (χ3n) is 4.54. The van der Waals surface area contributed by atoms with E-state index in [0.29, 0.717) is 16.2 Å². The Morgan fingerprint density at radius 3 is 2.70 bits per heavy atom. The standard InChI is InChI=1S/C21H18FNO3S/c1-13-9-16(18(24)11-27-21-6-4-3-5-17(21)22)14(2)23(13)15-7-8-19-20(10-15)26-12-25-19/h3-10H,11-12H2,1-2H3. The van der Waals surface area contributed by atoms with Crippen LogP contribution in [-0.4, -0.2) is 22.9 Å². The summed E-state index contributed by atoms with van der Waals surface area (Å²) >= 11 is 1.22. The second-order valence-corrected chi connectivity index (χ2v) is 7.32. The summed E-state index contributed by atoms with van der Waals surface area (Å²) < 4.78 is 26.6. The van der Waals surface area contributed by atoms with Gasteiger partial charge in [0.1, 0.15) is 5.82 Å². The lowest BCUT2D eigenvalue weighted by Crippen LogP contribution is -2.05. The van der Waals surface area contributed by atoms with Crippen molar-refractivity contribution in [2.45, 2.75) is 18.7 Å². The van der Waals surface area contributed by atoms with E-state index in [0.717, 1.165) is 22.8 Å². The minimum Gasteiger partial charge on any atom is -0.454 e. The monoisotopic (exact) mass is 383 g/mol. The van der Waals surface area contributed by atoms with Crippen molar-refractivity contribution in [1.82, 2.24) is 4.57 Å². The molecule has 0 N–H and O–H groups in total. The fourth-order valence-corrected chi connectivity index (χ4v) is 4.07. The van der Waals surface area contributed by atoms with E-state index in [1.807, 2.05) is 42.7 Å². The Morgan fingerprint density at radius 2 is 1.89 bits per heavy atom. The molecule has 0 saturated heterocycles. The van der Waals surface area contributed by atoms with Gasteiger partial charge in [-0.2, -0.15) is 0 Å². The Morgan fingerprint density at radius 1 is 1.11 bits per heavy atom. The largest absolute Gasteiger partial charge is 0.454 e. The minimum absolute atomic E-state index is 0.0247. The number of ether oxygens (including phenoxy) is 2. The number of hydrogen-bond donors (Lipinski definition) is 0. The van der Waals surface area contributed by atoms with Gasteiger partial charge in [-0.05, 0) is 44.2 Å². The number of benzene rings is 2. The number of carbonyl (C=O) groups excluding carboxylic acids is 1. The van der Waals surface area contributed by atoms with Crippen molar-refractivity contribution in [3.05, 3.63) is 71.3 Å². The lowest BCUT2D eigenvalue weighted by atomic mass is 10.2. The van der Waals surface area contributed by atoms with Crippen molar-refractivity contribution in [3.8, 4) is 17.2 Å². The first-order valence-electron chi connectivity index (χ1n) is 8.54. The molecule has 1 aromatic heterocycles. The van der Waals surface area contributed by atoms with Crippen LogP contribution in [0.2, 0.25) is 0 Å². The van der Waals surface area contributed by atoms with E-state index in [4.69, 9.17) is 9.47 Å². The summed E-state index contributed by atoms with van der Waals surface area (Å²) in [6, 6.07) is 14.1. The fraction of sp³-hybridized carbons (Fsp3) is 0.190. The van der Waals surface area contributed by atoms with Crippen LogP contribution in [0.15, 0.2) is 53.4 Å². The van der Waals surface area contributed by atoms with Gasteiger partial charge in [-0.25, -0.2) is 4.39 Å². The second kappa shape index (κ2) is 7.12. The average Bonchev–Trinajstić information content (AvgIpc) is 3.24. The summed E-state index contributed by atoms with van der Waals surface area (Å²) in [6.07, 6.45) is 0. The number of carbonyl (C=O) groups is 1. The Labute approximate surface area is 160 Å². The molecular weight excluding hydrogens is 365 g/mol. The zero-order chi connectivity index (χ0) is 19.0. The van der Waals surface area contributed by atoms with Crippen LogP contribution < -0.4 is 9.47 Å². The van der Waals surface area contributed by atoms with Gasteiger partial charge in [0.2, 0.25) is 6.79 Å². The minimum atomic E-state index is -0.305. The summed E-state index contributed by atoms with van der Waals surface area (Å²) in [5.74, 6) is 1.28. The number of fused-ring (bicyclic) bond motifs is 1. The maximum Gasteiger partial charge on any atom is 0.231 e. The molecular formula is C21H18FNO3S. The van der Waals surface area contributed by atoms with Crippen molar-refractivity contribution in [3.63, 3.8) is 0 Å². The van der Waals surface area contributed by atoms with E-state index in [1.165, 1.54) is 17.8 Å². The van der Waals surface area contributed by atoms with E-state index < -0.39 is 0 Å². The molecule has 0 bridgehead atoms. The van der Waals surface area contributed by atoms with Crippen molar-refractivity contribution in [2.75, 3.05) is 12.5 Å². The van der Waals surface area contributed by atoms with Crippen LogP contribution in [0.5, 0.6) is 11.5 Å². The van der Waals surface area contributed by atoms with E-state index in [-0.39, 0.29) is 24.1 Å². The number of hydrogen-bond acceptors (Lipinski definition) is 4. The van der Waals surface area contributed by atoms with Crippen molar-refractivity contribution in [1.29, 1.82) is 0 Å². The Kier molecular flexibility index (Phi) is 4.66. The molecule has 0 atom stereocenters. The molecule has 3 aromatic rings. The van der Waals surface area contributed by atoms with E-state index in [2.05, 4.69) is 0 Å². The topological polar surface area (TPSA) is 40.5 Å². The summed E-state index contributed by atoms with van der Waals surface area (Å²) in [6.45, 7) is 4.09. The molecule has 4 rings (SSSR count). The van der Waals surface area contributed by atoms with E-state index in [9.17, 15) is 9.18 Å². The van der Waals surface area contributed by atoms with Gasteiger partial charge in [0.25, 0.3) is 0 Å². The zero-order valence-corrected chi connectivity index (χ0v) is 15.8. The fourth-order valence-electron chi connectivity index (χ4n) is 3.25. The molecule has 0 saturated carbocycles. The molecule has 0 fully saturated rings. The SMILES string of the molecule is Cc1cc(C(=O)CSc2ccccc2F)c(C)n1-c1ccc2c(c1)OCO2. The highest BCUT2D eigenvalue weighted by Gasteiger charge is 2.20. The van der Waals surface area contributed by atoms with Crippen molar-refractivity contribution < 1.29 is 18.7 Å². The second-order valence-electron chi connectivity index (χ2n) is 6.30. The van der Waals surface area contributed by atoms with Crippen LogP contribution in [0.4, 0.5) is 4.39 Å². The predicted octanol–water partition coefficient (Wildman–Crippen LogP) is 4.94. The Bertz CT molecular complexity index is 1030. The third-order valence-corrected chi connectivity index (χ3v) is 5.59. The molecule has 138 valence electrons. The molecule has 2 aromatic carbocycles. The number of nitrogens with zero attached hydrogens (tertiary/aromatic N) is 1. The normalized spacial score (nSPS) is 12.4. The highest BCUT2D eigenvalue weighted by atomic mass is 32.2. The molecule has 1 aliphatic rings. The molecule has 0 radical (unpaired) electrons. The van der Waals surface area contributed by atoms with Gasteiger partial charge < -0.3 is 14.0 Å². The summed E-state index contributed by atoms with van der Waals surface area (Å²) in [5.41, 5.74) is 3.36. The first-order chi connectivity index (χ1) is 13.0. The van der Waals surface area contributed by atoms with Crippen LogP contribution in [0.25, 0.3) is 5.69 Å². The molecule has 4 nitrogen and oxygen atoms in total. The first kappa shape index (κ1) is 17.7. The summed E-state index contributed by atoms with van der Waals surface area (Å²) in [4.78, 5) is 13.2. The van der Waals surface area contributed by atoms with Crippen molar-refractivity contribution >= 4 is 17.5 Å². The van der Waals surface area contributed by atoms with Crippen LogP contribution in [0.1, 0.15) is 21.7 Å². The maximum atomic E-state index is 13.8. The molecule has 0 unspecified atom stereocenters. The molecule has 6 heteroatoms. The maximum absolute atomic E-state index is 13.8. The van der Waals surface area contributed by atoms with Gasteiger partial charge in [0.05, 0.1) is 5.75 Å². The lowest BCUT2D eigenvalue weighted by Gasteiger charge is -2.10. The van der Waals surface area contributed by atoms with Crippen LogP contribution in [-0.2, 0) is 0 Å². The summed E-state index contributed by atoms with van der Waals surface area (Å²) in [7, 11) is 0. The number of aryl methyl sites for hydroxylation is 1. The van der Waals surface area contributed by atoms with Gasteiger partial charge in [0, 0.05) is 33.6 Å². The predicted molar refractivity (Wildman–Crippen MR) is 103 cm³/mol. The van der Waals surface area contributed by atoms with Crippen LogP contribution in [0.3, 0.4) is 0 Å². The first-order valence-corrected chi connectivity index (χ1v) is 9.52. The van der Waals surface area contributed by atoms with Crippen LogP contribution in [0, 0.1) is 19.7 Å². The Balaban J connectivity index is 1.59. The van der Waals surface area contributed by atoms with E-state index in [1.54, 1.807) is 18.2 Å². The van der Waals surface area contributed by atoms with Crippen molar-refractivity contribution in [2.24, 2.45) is 0 Å². The highest BCUT2D eigenvalue weighted by molar-refractivity contribution is 8.00. The lowest BCUT2D eigenvalue weighted by molar-refractivity contribution is 0.102. The number of ketones is 1. The molecule has 0 aliphatic carbocycles. The number of thioether (sulfide) groups is 1. The molecule has 1 aliphatic heterocycles. The average molecular weight is 383 g/mol. The van der Waals surface area contributed by atoms with Gasteiger partial charge in [0.15, 0.2) is 17.3 Å². The number of aromatic nitrogens is 1. The molecule has 2 heterocycles. The van der Waals surface area contributed by atoms with Crippen LogP contribution >= 0.6 is 11.8 Å². The molecule has 0 spiro atoms. The molecule has 27 heavy (non-hydrogen) atoms. The number of rotatable bonds is 5. The van der Waals surface area contributed by atoms with Gasteiger partial charge in [-0.15, -0.1) is 11.8 Å². The Hall–Kier alpha value is -2.73. The quantitative estimate of drug-likeness (QED) is 0.462. The number of halogens is 1. The zero-order valence-electron chi connectivity index (χ0n) is 15.0. The van der Waals surface area contributed by atoms with Gasteiger partial charge >= 0.3 is 0 Å². The van der Waals surface area contributed by atoms with E-state index >= 15 is 0 Å². The van der Waals surface area contributed by atoms with Gasteiger partial charge in [-0.1, -0.05) is 12.1 Å². The number of Topliss-reactive ketones (excluding diaryl/α,β-unsaturated/α-hetero) is 1. The smallest absolute Gasteiger partial charge is 0.231 e. The third kappa shape index (κ3) is 3.32. The highest BCUT2D eigenvalue weighted by Crippen LogP contribution is 2.35. The summed E-state index contributed by atoms with van der Waals surface area (Å²) in [5, 5.41) is 0. The molecule has 0 amide bonds. The van der Waals surface area contributed by atoms with Gasteiger partial charge in [-0.3, -0.25) is 4.79 Å².